The third-order valence-electron chi connectivity index (χ3n) is 6.32. The predicted molar refractivity (Wildman–Crippen MR) is 117 cm³/mol. The molecule has 7 nitrogen and oxygen atoms in total. The van der Waals surface area contributed by atoms with E-state index in [4.69, 9.17) is 9.88 Å². The molecule has 0 aromatic heterocycles. The number of hydrogen-bond acceptors (Lipinski definition) is 5. The molecule has 3 aliphatic rings. The van der Waals surface area contributed by atoms with Crippen LogP contribution in [0, 0.1) is 5.92 Å². The maximum atomic E-state index is 12.4. The number of fused-ring (bicyclic) bond motifs is 2. The van der Waals surface area contributed by atoms with E-state index in [9.17, 15) is 8.42 Å². The summed E-state index contributed by atoms with van der Waals surface area (Å²) in [5.41, 5.74) is 4.72. The first kappa shape index (κ1) is 20.9. The highest BCUT2D eigenvalue weighted by atomic mass is 32.2. The third kappa shape index (κ3) is 3.22. The lowest BCUT2D eigenvalue weighted by Crippen LogP contribution is -2.43. The number of amidine groups is 1. The molecule has 0 bridgehead atoms. The number of benzene rings is 1. The molecule has 3 atom stereocenters. The van der Waals surface area contributed by atoms with Gasteiger partial charge in [-0.05, 0) is 50.3 Å². The van der Waals surface area contributed by atoms with Crippen LogP contribution in [0.4, 0.5) is 0 Å². The lowest BCUT2D eigenvalue weighted by Gasteiger charge is -2.34. The van der Waals surface area contributed by atoms with Crippen molar-refractivity contribution in [3.8, 4) is 0 Å². The summed E-state index contributed by atoms with van der Waals surface area (Å²) in [6.45, 7) is 10.7. The number of nitrogens with zero attached hydrogens (tertiary/aromatic N) is 3. The third-order valence-corrected chi connectivity index (χ3v) is 7.28. The molecule has 2 N–H and O–H groups in total. The predicted octanol–water partition coefficient (Wildman–Crippen LogP) is 3.43. The van der Waals surface area contributed by atoms with Gasteiger partial charge in [0.15, 0.2) is 0 Å². The van der Waals surface area contributed by atoms with Crippen LogP contribution >= 0.6 is 0 Å². The van der Waals surface area contributed by atoms with Gasteiger partial charge < -0.3 is 9.64 Å². The number of ether oxygens (including phenoxy) is 1. The van der Waals surface area contributed by atoms with Crippen LogP contribution in [0.5, 0.6) is 0 Å². The highest BCUT2D eigenvalue weighted by molar-refractivity contribution is 7.87. The van der Waals surface area contributed by atoms with Gasteiger partial charge in [-0.2, -0.15) is 13.4 Å². The van der Waals surface area contributed by atoms with Gasteiger partial charge in [0.25, 0.3) is 0 Å². The number of nitrogens with two attached hydrogens (primary N) is 1. The first-order valence-electron chi connectivity index (χ1n) is 10.5. The van der Waals surface area contributed by atoms with Crippen molar-refractivity contribution >= 4 is 16.0 Å². The van der Waals surface area contributed by atoms with Gasteiger partial charge in [0, 0.05) is 18.5 Å². The van der Waals surface area contributed by atoms with E-state index in [1.165, 1.54) is 11.1 Å². The van der Waals surface area contributed by atoms with Crippen LogP contribution in [0.25, 0.3) is 0 Å². The second-order valence-electron chi connectivity index (χ2n) is 8.44. The van der Waals surface area contributed by atoms with Crippen LogP contribution in [0.2, 0.25) is 0 Å². The maximum Gasteiger partial charge on any atom is 0.304 e. The Labute approximate surface area is 179 Å². The summed E-state index contributed by atoms with van der Waals surface area (Å²) in [7, 11) is -4.01. The molecular weight excluding hydrogens is 400 g/mol. The summed E-state index contributed by atoms with van der Waals surface area (Å²) in [5.74, 6) is 1.08. The molecule has 2 heterocycles. The van der Waals surface area contributed by atoms with Gasteiger partial charge >= 0.3 is 10.2 Å². The van der Waals surface area contributed by atoms with Gasteiger partial charge in [0.05, 0.1) is 5.70 Å². The monoisotopic (exact) mass is 430 g/mol. The summed E-state index contributed by atoms with van der Waals surface area (Å²) in [6, 6.07) is 8.36. The molecular formula is C22H30N4O3S. The maximum absolute atomic E-state index is 12.4. The summed E-state index contributed by atoms with van der Waals surface area (Å²) < 4.78 is 32.6. The zero-order chi connectivity index (χ0) is 21.8. The minimum Gasteiger partial charge on any atom is -0.468 e. The zero-order valence-electron chi connectivity index (χ0n) is 18.2. The van der Waals surface area contributed by atoms with Crippen LogP contribution in [-0.4, -0.2) is 36.0 Å². The van der Waals surface area contributed by atoms with E-state index < -0.39 is 10.2 Å². The van der Waals surface area contributed by atoms with Crippen molar-refractivity contribution in [2.45, 2.75) is 59.6 Å². The standard InChI is InChI=1S/C22H30N4O3S/c1-6-11-25-15(4)14(3)19-20(25)22(24-16(5)26(19)30(23,27)28)29-21-13(2)12-17-9-7-8-10-18(17)21/h7-10,13,15,21H,6,11-12H2,1-5H3,(H2,23,27,28). The molecule has 0 fully saturated rings. The minimum atomic E-state index is -4.01. The Hall–Kier alpha value is -2.32. The van der Waals surface area contributed by atoms with Gasteiger partial charge in [0.2, 0.25) is 5.88 Å². The average Bonchev–Trinajstić information content (AvgIpc) is 3.11. The Balaban J connectivity index is 1.85. The van der Waals surface area contributed by atoms with E-state index in [1.54, 1.807) is 6.92 Å². The first-order valence-corrected chi connectivity index (χ1v) is 12.0. The van der Waals surface area contributed by atoms with Gasteiger partial charge in [-0.25, -0.2) is 9.44 Å². The molecule has 8 heteroatoms. The van der Waals surface area contributed by atoms with Crippen molar-refractivity contribution in [2.75, 3.05) is 6.54 Å². The van der Waals surface area contributed by atoms with Crippen molar-refractivity contribution in [3.05, 3.63) is 58.2 Å². The summed E-state index contributed by atoms with van der Waals surface area (Å²) >= 11 is 0. The van der Waals surface area contributed by atoms with Crippen molar-refractivity contribution < 1.29 is 13.2 Å². The molecule has 3 unspecified atom stereocenters. The van der Waals surface area contributed by atoms with Crippen LogP contribution in [0.1, 0.15) is 58.3 Å². The van der Waals surface area contributed by atoms with Crippen LogP contribution < -0.4 is 5.14 Å². The van der Waals surface area contributed by atoms with Gasteiger partial charge in [-0.15, -0.1) is 0 Å². The number of hydrogen-bond donors (Lipinski definition) is 1. The lowest BCUT2D eigenvalue weighted by atomic mass is 10.1. The SMILES string of the molecule is CCCN1C2=C(OC3c4ccccc4CC3C)N=C(C)N(S(N)(=O)=O)C2=C(C)C1C. The molecule has 4 rings (SSSR count). The van der Waals surface area contributed by atoms with Crippen molar-refractivity contribution in [2.24, 2.45) is 16.0 Å². The molecule has 0 radical (unpaired) electrons. The van der Waals surface area contributed by atoms with Crippen molar-refractivity contribution in [1.82, 2.24) is 9.21 Å². The van der Waals surface area contributed by atoms with Crippen molar-refractivity contribution in [3.63, 3.8) is 0 Å². The highest BCUT2D eigenvalue weighted by Gasteiger charge is 2.44. The van der Waals surface area contributed by atoms with E-state index in [2.05, 4.69) is 48.9 Å². The van der Waals surface area contributed by atoms with Crippen LogP contribution in [0.15, 0.2) is 52.1 Å². The van der Waals surface area contributed by atoms with E-state index in [-0.39, 0.29) is 12.1 Å². The Morgan fingerprint density at radius 3 is 2.57 bits per heavy atom. The molecule has 1 aromatic carbocycles. The molecule has 162 valence electrons. The fourth-order valence-corrected chi connectivity index (χ4v) is 5.73. The highest BCUT2D eigenvalue weighted by Crippen LogP contribution is 2.45. The molecule has 0 saturated heterocycles. The summed E-state index contributed by atoms with van der Waals surface area (Å²) in [4.78, 5) is 6.79. The molecule has 2 aliphatic heterocycles. The normalized spacial score (nSPS) is 26.2. The quantitative estimate of drug-likeness (QED) is 0.775. The second-order valence-corrected chi connectivity index (χ2v) is 9.84. The van der Waals surface area contributed by atoms with E-state index in [0.29, 0.717) is 23.3 Å². The molecule has 0 amide bonds. The number of rotatable bonds is 5. The lowest BCUT2D eigenvalue weighted by molar-refractivity contribution is 0.0721. The molecule has 30 heavy (non-hydrogen) atoms. The Morgan fingerprint density at radius 1 is 1.20 bits per heavy atom. The van der Waals surface area contributed by atoms with E-state index in [1.807, 2.05) is 13.0 Å². The van der Waals surface area contributed by atoms with E-state index in [0.717, 1.165) is 35.0 Å². The Morgan fingerprint density at radius 2 is 1.90 bits per heavy atom. The first-order chi connectivity index (χ1) is 14.1. The largest absolute Gasteiger partial charge is 0.468 e. The van der Waals surface area contributed by atoms with Gasteiger partial charge in [-0.3, -0.25) is 0 Å². The smallest absolute Gasteiger partial charge is 0.304 e. The molecule has 1 aliphatic carbocycles. The summed E-state index contributed by atoms with van der Waals surface area (Å²) in [6.07, 6.45) is 1.75. The zero-order valence-corrected chi connectivity index (χ0v) is 19.0. The minimum absolute atomic E-state index is 0.0344. The Kier molecular flexibility index (Phi) is 5.18. The van der Waals surface area contributed by atoms with Gasteiger partial charge in [-0.1, -0.05) is 38.1 Å². The average molecular weight is 431 g/mol. The second kappa shape index (κ2) is 7.42. The van der Waals surface area contributed by atoms with Gasteiger partial charge in [0.1, 0.15) is 17.6 Å². The van der Waals surface area contributed by atoms with E-state index >= 15 is 0 Å². The molecule has 1 aromatic rings. The molecule has 0 spiro atoms. The summed E-state index contributed by atoms with van der Waals surface area (Å²) in [5, 5.41) is 5.58. The fourth-order valence-electron chi connectivity index (χ4n) is 4.83. The van der Waals surface area contributed by atoms with Crippen LogP contribution in [0.3, 0.4) is 0 Å². The van der Waals surface area contributed by atoms with Crippen LogP contribution in [-0.2, 0) is 21.4 Å². The number of aliphatic imine (C=N–C) groups is 1. The Bertz CT molecular complexity index is 1070. The topological polar surface area (TPSA) is 88.2 Å². The fraction of sp³-hybridized carbons (Fsp3) is 0.500. The molecule has 0 saturated carbocycles. The van der Waals surface area contributed by atoms with Crippen molar-refractivity contribution in [1.29, 1.82) is 0 Å².